The third kappa shape index (κ3) is 4.48. The first-order valence-corrected chi connectivity index (χ1v) is 11.6. The van der Waals surface area contributed by atoms with Gasteiger partial charge in [0.25, 0.3) is 5.91 Å². The molecule has 0 radical (unpaired) electrons. The molecular formula is C21H22N4O6S. The molecule has 1 aromatic carbocycles. The lowest BCUT2D eigenvalue weighted by atomic mass is 9.98. The van der Waals surface area contributed by atoms with Crippen LogP contribution in [0.3, 0.4) is 0 Å². The summed E-state index contributed by atoms with van der Waals surface area (Å²) in [6.07, 6.45) is 3.38. The van der Waals surface area contributed by atoms with Crippen molar-refractivity contribution < 1.29 is 27.5 Å². The van der Waals surface area contributed by atoms with E-state index in [0.717, 1.165) is 0 Å². The number of aromatic nitrogens is 1. The number of hydrogen-bond acceptors (Lipinski definition) is 7. The summed E-state index contributed by atoms with van der Waals surface area (Å²) < 4.78 is 31.9. The van der Waals surface area contributed by atoms with Crippen LogP contribution in [0.5, 0.6) is 0 Å². The monoisotopic (exact) mass is 458 g/mol. The van der Waals surface area contributed by atoms with Gasteiger partial charge in [-0.15, -0.1) is 0 Å². The van der Waals surface area contributed by atoms with Crippen LogP contribution in [-0.4, -0.2) is 61.7 Å². The van der Waals surface area contributed by atoms with Crippen LogP contribution >= 0.6 is 0 Å². The highest BCUT2D eigenvalue weighted by Gasteiger charge is 2.34. The van der Waals surface area contributed by atoms with Crippen molar-refractivity contribution in [3.8, 4) is 0 Å². The van der Waals surface area contributed by atoms with Crippen LogP contribution in [-0.2, 0) is 29.1 Å². The van der Waals surface area contributed by atoms with E-state index in [2.05, 4.69) is 10.3 Å². The standard InChI is InChI=1S/C21H22N4O6S/c26-19-13-25(18-6-2-1-5-17(18)23-19)20(27)14-31-21(28)15-7-10-24(11-8-15)32(29,30)16-4-3-9-22-12-16/h1-6,9,12,15H,7-8,10-11,13-14H2,(H,23,26). The van der Waals surface area contributed by atoms with Gasteiger partial charge >= 0.3 is 5.97 Å². The number of nitrogens with one attached hydrogen (secondary N) is 1. The molecule has 0 saturated carbocycles. The number of carbonyl (C=O) groups is 3. The second-order valence-electron chi connectivity index (χ2n) is 7.52. The van der Waals surface area contributed by atoms with Crippen LogP contribution in [0.1, 0.15) is 12.8 Å². The molecule has 0 spiro atoms. The number of esters is 1. The average Bonchev–Trinajstić information content (AvgIpc) is 2.82. The van der Waals surface area contributed by atoms with Gasteiger partial charge in [0.05, 0.1) is 17.3 Å². The Bertz CT molecular complexity index is 1130. The number of anilines is 2. The Morgan fingerprint density at radius 3 is 2.59 bits per heavy atom. The van der Waals surface area contributed by atoms with Crippen molar-refractivity contribution in [2.45, 2.75) is 17.7 Å². The van der Waals surface area contributed by atoms with Crippen molar-refractivity contribution in [1.29, 1.82) is 0 Å². The Labute approximate surface area is 185 Å². The Hall–Kier alpha value is -3.31. The summed E-state index contributed by atoms with van der Waals surface area (Å²) in [6, 6.07) is 9.91. The van der Waals surface area contributed by atoms with Gasteiger partial charge in [-0.3, -0.25) is 24.3 Å². The van der Waals surface area contributed by atoms with Gasteiger partial charge in [0.2, 0.25) is 15.9 Å². The lowest BCUT2D eigenvalue weighted by Gasteiger charge is -2.31. The molecule has 2 aliphatic rings. The first-order valence-electron chi connectivity index (χ1n) is 10.1. The predicted octanol–water partition coefficient (Wildman–Crippen LogP) is 1.01. The van der Waals surface area contributed by atoms with Crippen molar-refractivity contribution >= 4 is 39.2 Å². The van der Waals surface area contributed by atoms with Gasteiger partial charge in [-0.05, 0) is 37.1 Å². The van der Waals surface area contributed by atoms with Crippen molar-refractivity contribution in [2.75, 3.05) is 36.5 Å². The van der Waals surface area contributed by atoms with Crippen LogP contribution in [0.25, 0.3) is 0 Å². The smallest absolute Gasteiger partial charge is 0.309 e. The number of ether oxygens (including phenoxy) is 1. The summed E-state index contributed by atoms with van der Waals surface area (Å²) in [4.78, 5) is 42.2. The molecule has 1 fully saturated rings. The minimum Gasteiger partial charge on any atom is -0.455 e. The summed E-state index contributed by atoms with van der Waals surface area (Å²) in [7, 11) is -3.66. The fourth-order valence-corrected chi connectivity index (χ4v) is 5.20. The minimum atomic E-state index is -3.66. The molecule has 0 bridgehead atoms. The summed E-state index contributed by atoms with van der Waals surface area (Å²) in [5.41, 5.74) is 1.06. The largest absolute Gasteiger partial charge is 0.455 e. The fourth-order valence-electron chi connectivity index (χ4n) is 3.76. The van der Waals surface area contributed by atoms with E-state index >= 15 is 0 Å². The molecule has 2 aliphatic heterocycles. The molecule has 11 heteroatoms. The van der Waals surface area contributed by atoms with Gasteiger partial charge in [0.15, 0.2) is 6.61 Å². The van der Waals surface area contributed by atoms with E-state index < -0.39 is 34.4 Å². The first-order chi connectivity index (χ1) is 15.4. The number of pyridine rings is 1. The SMILES string of the molecule is O=C1CN(C(=O)COC(=O)C2CCN(S(=O)(=O)c3cccnc3)CC2)c2ccccc2N1. The number of fused-ring (bicyclic) bond motifs is 1. The number of piperidine rings is 1. The van der Waals surface area contributed by atoms with Crippen molar-refractivity contribution in [1.82, 2.24) is 9.29 Å². The minimum absolute atomic E-state index is 0.109. The number of nitrogens with zero attached hydrogens (tertiary/aromatic N) is 3. The molecule has 32 heavy (non-hydrogen) atoms. The molecule has 168 valence electrons. The molecule has 0 unspecified atom stereocenters. The van der Waals surface area contributed by atoms with E-state index in [1.165, 1.54) is 27.7 Å². The summed E-state index contributed by atoms with van der Waals surface area (Å²) >= 11 is 0. The van der Waals surface area contributed by atoms with Gasteiger partial charge in [-0.2, -0.15) is 4.31 Å². The Morgan fingerprint density at radius 1 is 1.12 bits per heavy atom. The number of benzene rings is 1. The number of amides is 2. The van der Waals surface area contributed by atoms with Gasteiger partial charge in [0, 0.05) is 25.5 Å². The second-order valence-corrected chi connectivity index (χ2v) is 9.46. The van der Waals surface area contributed by atoms with Crippen molar-refractivity contribution in [2.24, 2.45) is 5.92 Å². The third-order valence-corrected chi connectivity index (χ3v) is 7.35. The van der Waals surface area contributed by atoms with Gasteiger partial charge < -0.3 is 10.1 Å². The Kier molecular flexibility index (Phi) is 6.19. The molecule has 2 amide bonds. The first kappa shape index (κ1) is 21.9. The third-order valence-electron chi connectivity index (χ3n) is 5.47. The number of para-hydroxylation sites is 2. The highest BCUT2D eigenvalue weighted by atomic mass is 32.2. The van der Waals surface area contributed by atoms with Gasteiger partial charge in [-0.25, -0.2) is 8.42 Å². The van der Waals surface area contributed by atoms with Crippen molar-refractivity contribution in [3.05, 3.63) is 48.8 Å². The highest BCUT2D eigenvalue weighted by molar-refractivity contribution is 7.89. The summed E-state index contributed by atoms with van der Waals surface area (Å²) in [5, 5.41) is 2.69. The number of rotatable bonds is 5. The molecule has 0 atom stereocenters. The average molecular weight is 458 g/mol. The van der Waals surface area contributed by atoms with E-state index in [1.54, 1.807) is 30.3 Å². The normalized spacial score (nSPS) is 17.4. The summed E-state index contributed by atoms with van der Waals surface area (Å²) in [5.74, 6) is -1.88. The zero-order valence-corrected chi connectivity index (χ0v) is 18.0. The quantitative estimate of drug-likeness (QED) is 0.663. The molecule has 0 aliphatic carbocycles. The maximum atomic E-state index is 12.7. The van der Waals surface area contributed by atoms with E-state index in [0.29, 0.717) is 24.2 Å². The molecule has 1 saturated heterocycles. The van der Waals surface area contributed by atoms with Crippen LogP contribution < -0.4 is 10.2 Å². The molecule has 1 aromatic heterocycles. The molecular weight excluding hydrogens is 436 g/mol. The Morgan fingerprint density at radius 2 is 1.88 bits per heavy atom. The van der Waals surface area contributed by atoms with Crippen LogP contribution in [0, 0.1) is 5.92 Å². The van der Waals surface area contributed by atoms with Crippen LogP contribution in [0.2, 0.25) is 0 Å². The van der Waals surface area contributed by atoms with Crippen LogP contribution in [0.4, 0.5) is 11.4 Å². The van der Waals surface area contributed by atoms with E-state index in [1.807, 2.05) is 0 Å². The zero-order chi connectivity index (χ0) is 22.7. The predicted molar refractivity (Wildman–Crippen MR) is 114 cm³/mol. The lowest BCUT2D eigenvalue weighted by Crippen LogP contribution is -2.44. The zero-order valence-electron chi connectivity index (χ0n) is 17.1. The topological polar surface area (TPSA) is 126 Å². The maximum Gasteiger partial charge on any atom is 0.309 e. The lowest BCUT2D eigenvalue weighted by molar-refractivity contribution is -0.153. The fraction of sp³-hybridized carbons (Fsp3) is 0.333. The highest BCUT2D eigenvalue weighted by Crippen LogP contribution is 2.29. The molecule has 4 rings (SSSR count). The number of hydrogen-bond donors (Lipinski definition) is 1. The maximum absolute atomic E-state index is 12.7. The molecule has 1 N–H and O–H groups in total. The summed E-state index contributed by atoms with van der Waals surface area (Å²) in [6.45, 7) is -0.304. The second kappa shape index (κ2) is 9.05. The molecule has 2 aromatic rings. The van der Waals surface area contributed by atoms with Crippen LogP contribution in [0.15, 0.2) is 53.7 Å². The number of sulfonamides is 1. The Balaban J connectivity index is 1.31. The van der Waals surface area contributed by atoms with Gasteiger partial charge in [-0.1, -0.05) is 12.1 Å². The van der Waals surface area contributed by atoms with Gasteiger partial charge in [0.1, 0.15) is 11.4 Å². The van der Waals surface area contributed by atoms with E-state index in [-0.39, 0.29) is 30.4 Å². The number of carbonyl (C=O) groups excluding carboxylic acids is 3. The van der Waals surface area contributed by atoms with Crippen molar-refractivity contribution in [3.63, 3.8) is 0 Å². The van der Waals surface area contributed by atoms with E-state index in [4.69, 9.17) is 4.74 Å². The van der Waals surface area contributed by atoms with E-state index in [9.17, 15) is 22.8 Å². The molecule has 3 heterocycles. The molecule has 10 nitrogen and oxygen atoms in total.